The van der Waals surface area contributed by atoms with Crippen LogP contribution in [0.3, 0.4) is 0 Å². The van der Waals surface area contributed by atoms with Crippen LogP contribution in [0.5, 0.6) is 0 Å². The van der Waals surface area contributed by atoms with Gasteiger partial charge in [0, 0.05) is 0 Å². The lowest BCUT2D eigenvalue weighted by molar-refractivity contribution is -0.137. The van der Waals surface area contributed by atoms with Crippen molar-refractivity contribution in [3.63, 3.8) is 0 Å². The maximum Gasteiger partial charge on any atom is 0.324 e. The summed E-state index contributed by atoms with van der Waals surface area (Å²) in [6.07, 6.45) is 3.03. The molecule has 1 atom stereocenters. The molecule has 0 aliphatic heterocycles. The molecule has 0 unspecified atom stereocenters. The first-order valence-electron chi connectivity index (χ1n) is 2.29. The molecule has 3 N–H and O–H groups in total. The zero-order valence-corrected chi connectivity index (χ0v) is 4.66. The SMILES string of the molecule is C/C=C/[C@H](N)C(=O)O. The van der Waals surface area contributed by atoms with Crippen molar-refractivity contribution < 1.29 is 9.90 Å². The predicted octanol–water partition coefficient (Wildman–Crippen LogP) is -0.0256. The molecule has 3 nitrogen and oxygen atoms in total. The first kappa shape index (κ1) is 7.17. The Labute approximate surface area is 47.8 Å². The molecule has 0 bridgehead atoms. The van der Waals surface area contributed by atoms with Gasteiger partial charge in [0.15, 0.2) is 0 Å². The third kappa shape index (κ3) is 2.36. The lowest BCUT2D eigenvalue weighted by Gasteiger charge is -1.94. The molecule has 0 rings (SSSR count). The maximum absolute atomic E-state index is 9.91. The monoisotopic (exact) mass is 115 g/mol. The summed E-state index contributed by atoms with van der Waals surface area (Å²) in [7, 11) is 0. The van der Waals surface area contributed by atoms with Crippen LogP contribution in [0.15, 0.2) is 12.2 Å². The summed E-state index contributed by atoms with van der Waals surface area (Å²) in [6.45, 7) is 1.72. The van der Waals surface area contributed by atoms with E-state index in [0.717, 1.165) is 0 Å². The summed E-state index contributed by atoms with van der Waals surface area (Å²) < 4.78 is 0. The van der Waals surface area contributed by atoms with E-state index < -0.39 is 12.0 Å². The Bertz CT molecular complexity index is 109. The summed E-state index contributed by atoms with van der Waals surface area (Å²) >= 11 is 0. The van der Waals surface area contributed by atoms with Crippen LogP contribution < -0.4 is 5.73 Å². The number of hydrogen-bond acceptors (Lipinski definition) is 2. The van der Waals surface area contributed by atoms with Gasteiger partial charge in [-0.05, 0) is 6.92 Å². The fraction of sp³-hybridized carbons (Fsp3) is 0.400. The van der Waals surface area contributed by atoms with Crippen LogP contribution in [0.25, 0.3) is 0 Å². The third-order valence-corrected chi connectivity index (χ3v) is 0.685. The second-order valence-corrected chi connectivity index (χ2v) is 1.39. The molecule has 0 aromatic heterocycles. The summed E-state index contributed by atoms with van der Waals surface area (Å²) in [5.74, 6) is -0.997. The van der Waals surface area contributed by atoms with Gasteiger partial charge in [-0.1, -0.05) is 12.2 Å². The Balaban J connectivity index is 3.64. The predicted molar refractivity (Wildman–Crippen MR) is 30.4 cm³/mol. The summed E-state index contributed by atoms with van der Waals surface area (Å²) in [5.41, 5.74) is 5.04. The molecule has 0 radical (unpaired) electrons. The number of carbonyl (C=O) groups is 1. The maximum atomic E-state index is 9.91. The van der Waals surface area contributed by atoms with Crippen LogP contribution in [0.2, 0.25) is 0 Å². The van der Waals surface area contributed by atoms with Crippen molar-refractivity contribution in [2.75, 3.05) is 0 Å². The van der Waals surface area contributed by atoms with E-state index >= 15 is 0 Å². The van der Waals surface area contributed by atoms with Crippen LogP contribution >= 0.6 is 0 Å². The van der Waals surface area contributed by atoms with Crippen molar-refractivity contribution in [1.29, 1.82) is 0 Å². The molecule has 0 heterocycles. The van der Waals surface area contributed by atoms with Crippen molar-refractivity contribution >= 4 is 5.97 Å². The van der Waals surface area contributed by atoms with Gasteiger partial charge in [-0.3, -0.25) is 4.79 Å². The van der Waals surface area contributed by atoms with Crippen LogP contribution in [-0.2, 0) is 4.79 Å². The fourth-order valence-corrected chi connectivity index (χ4v) is 0.290. The van der Waals surface area contributed by atoms with E-state index in [2.05, 4.69) is 0 Å². The summed E-state index contributed by atoms with van der Waals surface area (Å²) in [5, 5.41) is 8.14. The molecule has 0 aliphatic rings. The zero-order valence-electron chi connectivity index (χ0n) is 4.66. The minimum absolute atomic E-state index is 0.847. The minimum Gasteiger partial charge on any atom is -0.480 e. The molecule has 0 saturated carbocycles. The van der Waals surface area contributed by atoms with Crippen LogP contribution in [0, 0.1) is 0 Å². The largest absolute Gasteiger partial charge is 0.480 e. The highest BCUT2D eigenvalue weighted by Crippen LogP contribution is 1.79. The van der Waals surface area contributed by atoms with Gasteiger partial charge in [0.05, 0.1) is 0 Å². The summed E-state index contributed by atoms with van der Waals surface area (Å²) in [4.78, 5) is 9.91. The van der Waals surface area contributed by atoms with Crippen LogP contribution in [-0.4, -0.2) is 17.1 Å². The van der Waals surface area contributed by atoms with E-state index in [1.807, 2.05) is 0 Å². The van der Waals surface area contributed by atoms with Gasteiger partial charge in [-0.25, -0.2) is 0 Å². The van der Waals surface area contributed by atoms with Gasteiger partial charge in [0.25, 0.3) is 0 Å². The van der Waals surface area contributed by atoms with Crippen LogP contribution in [0.4, 0.5) is 0 Å². The molecule has 8 heavy (non-hydrogen) atoms. The Morgan fingerprint density at radius 1 is 1.88 bits per heavy atom. The molecule has 3 heteroatoms. The quantitative estimate of drug-likeness (QED) is 0.497. The molecule has 0 aliphatic carbocycles. The Morgan fingerprint density at radius 3 is 2.50 bits per heavy atom. The third-order valence-electron chi connectivity index (χ3n) is 0.685. The highest BCUT2D eigenvalue weighted by molar-refractivity contribution is 5.75. The molecule has 0 aromatic carbocycles. The number of carboxylic acids is 1. The number of nitrogens with two attached hydrogens (primary N) is 1. The van der Waals surface area contributed by atoms with E-state index in [9.17, 15) is 4.79 Å². The number of carboxylic acid groups (broad SMARTS) is 1. The van der Waals surface area contributed by atoms with Gasteiger partial charge >= 0.3 is 5.97 Å². The first-order chi connectivity index (χ1) is 3.68. The normalized spacial score (nSPS) is 14.2. The second kappa shape index (κ2) is 3.21. The molecule has 0 saturated heterocycles. The van der Waals surface area contributed by atoms with E-state index in [1.165, 1.54) is 6.08 Å². The van der Waals surface area contributed by atoms with Gasteiger partial charge in [-0.15, -0.1) is 0 Å². The highest BCUT2D eigenvalue weighted by Gasteiger charge is 2.03. The Hall–Kier alpha value is -0.830. The standard InChI is InChI=1S/C5H9NO2/c1-2-3-4(6)5(7)8/h2-4H,6H2,1H3,(H,7,8)/b3-2+/t4-/m0/s1. The highest BCUT2D eigenvalue weighted by atomic mass is 16.4. The van der Waals surface area contributed by atoms with Gasteiger partial charge in [-0.2, -0.15) is 0 Å². The molecule has 0 amide bonds. The Morgan fingerprint density at radius 2 is 2.38 bits per heavy atom. The lowest BCUT2D eigenvalue weighted by atomic mass is 10.3. The summed E-state index contributed by atoms with van der Waals surface area (Å²) in [6, 6.07) is -0.847. The molecule has 0 spiro atoms. The number of hydrogen-bond donors (Lipinski definition) is 2. The average Bonchev–Trinajstić information content (AvgIpc) is 1.67. The van der Waals surface area contributed by atoms with Crippen molar-refractivity contribution in [1.82, 2.24) is 0 Å². The van der Waals surface area contributed by atoms with Crippen molar-refractivity contribution in [2.24, 2.45) is 5.73 Å². The smallest absolute Gasteiger partial charge is 0.324 e. The van der Waals surface area contributed by atoms with Crippen molar-refractivity contribution in [3.05, 3.63) is 12.2 Å². The van der Waals surface area contributed by atoms with E-state index in [-0.39, 0.29) is 0 Å². The van der Waals surface area contributed by atoms with E-state index in [0.29, 0.717) is 0 Å². The van der Waals surface area contributed by atoms with Crippen molar-refractivity contribution in [3.8, 4) is 0 Å². The number of rotatable bonds is 2. The van der Waals surface area contributed by atoms with Crippen LogP contribution in [0.1, 0.15) is 6.92 Å². The molecule has 46 valence electrons. The number of allylic oxidation sites excluding steroid dienone is 1. The molecule has 0 aromatic rings. The molecular formula is C5H9NO2. The molecule has 0 fully saturated rings. The number of aliphatic carboxylic acids is 1. The van der Waals surface area contributed by atoms with Gasteiger partial charge < -0.3 is 10.8 Å². The zero-order chi connectivity index (χ0) is 6.57. The second-order valence-electron chi connectivity index (χ2n) is 1.39. The van der Waals surface area contributed by atoms with E-state index in [4.69, 9.17) is 10.8 Å². The van der Waals surface area contributed by atoms with Gasteiger partial charge in [0.1, 0.15) is 6.04 Å². The van der Waals surface area contributed by atoms with Gasteiger partial charge in [0.2, 0.25) is 0 Å². The van der Waals surface area contributed by atoms with E-state index in [1.54, 1.807) is 13.0 Å². The topological polar surface area (TPSA) is 63.3 Å². The average molecular weight is 115 g/mol. The van der Waals surface area contributed by atoms with Crippen molar-refractivity contribution in [2.45, 2.75) is 13.0 Å². The fourth-order valence-electron chi connectivity index (χ4n) is 0.290. The lowest BCUT2D eigenvalue weighted by Crippen LogP contribution is -2.27. The molecular weight excluding hydrogens is 106 g/mol. The first-order valence-corrected chi connectivity index (χ1v) is 2.29. The Kier molecular flexibility index (Phi) is 2.88. The minimum atomic E-state index is -0.997.